The Morgan fingerprint density at radius 2 is 0.680 bits per heavy atom. The highest BCUT2D eigenvalue weighted by Crippen LogP contribution is 2.38. The van der Waals surface area contributed by atoms with Gasteiger partial charge in [-0.15, -0.1) is 0 Å². The molecule has 1 unspecified atom stereocenters. The maximum absolute atomic E-state index is 11.3. The standard InChI is InChI=1S/2C30H59N7O13/c31-8-14-20(40)22(42)17(34)28(45-14)49-26-16(10-38)47-30(24(26)44)50-27-19(39)12(32)7-13(33)25(27)48-29-18(35)23(43)21(41)15(46-29)9-37-6-3-11-1-4-36-5-2-11;31-7-14-20(40)22(42)17(34)28(45-14)49-26-16(10-38)47-30(24(26)44)50-27-19(39)12(32)6-13(33)25(27)48-29-18(35)23(43)21(41)15(46-29)9-37-5-3-11-2-1-4-36-8-11/h2*11-30,36-44H,1-10,31-35H2/t12-,13+,14+,15-,16-,17-,18-,19+,20-,21-,22-,23-,24-,25-,26-,27-,28-,29-,30+;11?,12-,13+,14+,15-,16-,17-,18-,19+,20-,21-,22-,23-,24-,25-,26-,27-,28-,29-,30+/m11/s1. The average Bonchev–Trinajstić information content (AvgIpc) is 1.36. The van der Waals surface area contributed by atoms with Crippen LogP contribution in [0.25, 0.3) is 0 Å². The fourth-order valence-corrected chi connectivity index (χ4v) is 14.9. The zero-order valence-corrected chi connectivity index (χ0v) is 56.2. The second-order valence-corrected chi connectivity index (χ2v) is 28.4. The van der Waals surface area contributed by atoms with E-state index in [0.717, 1.165) is 64.7 Å². The first-order valence-electron chi connectivity index (χ1n) is 35.2. The van der Waals surface area contributed by atoms with Gasteiger partial charge in [-0.25, -0.2) is 0 Å². The molecule has 100 heavy (non-hydrogen) atoms. The molecule has 0 aromatic carbocycles. The molecule has 10 aliphatic rings. The summed E-state index contributed by atoms with van der Waals surface area (Å²) in [6, 6.07) is -8.30. The molecule has 584 valence electrons. The molecule has 40 nitrogen and oxygen atoms in total. The van der Waals surface area contributed by atoms with E-state index in [0.29, 0.717) is 24.9 Å². The highest BCUT2D eigenvalue weighted by Gasteiger charge is 2.58. The van der Waals surface area contributed by atoms with E-state index in [1.165, 1.54) is 0 Å². The molecule has 38 N–H and O–H groups in total. The summed E-state index contributed by atoms with van der Waals surface area (Å²) in [5, 5.41) is 163. The van der Waals surface area contributed by atoms with Crippen LogP contribution in [0.2, 0.25) is 0 Å². The third kappa shape index (κ3) is 19.4. The maximum Gasteiger partial charge on any atom is 0.187 e. The van der Waals surface area contributed by atoms with Crippen molar-refractivity contribution < 1.29 is 128 Å². The van der Waals surface area contributed by atoms with E-state index in [1.54, 1.807) is 0 Å². The van der Waals surface area contributed by atoms with Gasteiger partial charge in [-0.05, 0) is 102 Å². The summed E-state index contributed by atoms with van der Waals surface area (Å²) >= 11 is 0. The molecule has 0 aromatic rings. The van der Waals surface area contributed by atoms with Crippen molar-refractivity contribution in [3.8, 4) is 0 Å². The van der Waals surface area contributed by atoms with Crippen molar-refractivity contribution in [1.29, 1.82) is 0 Å². The molecule has 10 fully saturated rings. The van der Waals surface area contributed by atoms with Gasteiger partial charge in [-0.3, -0.25) is 0 Å². The highest BCUT2D eigenvalue weighted by atomic mass is 16.8. The Hall–Kier alpha value is -1.60. The van der Waals surface area contributed by atoms with Crippen LogP contribution in [0.4, 0.5) is 0 Å². The van der Waals surface area contributed by atoms with Crippen molar-refractivity contribution in [2.75, 3.05) is 78.7 Å². The fraction of sp³-hybridized carbons (Fsp3) is 1.00. The maximum atomic E-state index is 11.3. The van der Waals surface area contributed by atoms with Gasteiger partial charge in [-0.2, -0.15) is 0 Å². The van der Waals surface area contributed by atoms with Crippen molar-refractivity contribution in [2.45, 2.75) is 284 Å². The summed E-state index contributed by atoms with van der Waals surface area (Å²) < 4.78 is 71.2. The van der Waals surface area contributed by atoms with Gasteiger partial charge < -0.3 is 207 Å². The molecule has 39 atom stereocenters. The number of nitrogens with two attached hydrogens (primary N) is 10. The molecule has 0 aromatic heterocycles. The topological polar surface area (TPSA) is 702 Å². The van der Waals surface area contributed by atoms with E-state index in [9.17, 15) is 71.5 Å². The first kappa shape index (κ1) is 82.5. The smallest absolute Gasteiger partial charge is 0.187 e. The fourth-order valence-electron chi connectivity index (χ4n) is 14.9. The highest BCUT2D eigenvalue weighted by molar-refractivity contribution is 5.05. The quantitative estimate of drug-likeness (QED) is 0.0358. The average molecular weight is 1450 g/mol. The minimum absolute atomic E-state index is 0.103. The molecule has 2 saturated carbocycles. The third-order valence-electron chi connectivity index (χ3n) is 21.3. The van der Waals surface area contributed by atoms with E-state index in [1.807, 2.05) is 0 Å². The molecule has 8 aliphatic heterocycles. The molecule has 40 heteroatoms. The van der Waals surface area contributed by atoms with Gasteiger partial charge >= 0.3 is 0 Å². The van der Waals surface area contributed by atoms with Crippen LogP contribution in [-0.2, 0) is 56.8 Å². The second-order valence-electron chi connectivity index (χ2n) is 28.4. The monoisotopic (exact) mass is 1450 g/mol. The van der Waals surface area contributed by atoms with E-state index < -0.39 is 246 Å². The van der Waals surface area contributed by atoms with Crippen LogP contribution in [0.15, 0.2) is 0 Å². The van der Waals surface area contributed by atoms with Crippen molar-refractivity contribution in [3.63, 3.8) is 0 Å². The van der Waals surface area contributed by atoms with Gasteiger partial charge in [0, 0.05) is 50.3 Å². The predicted molar refractivity (Wildman–Crippen MR) is 345 cm³/mol. The summed E-state index contributed by atoms with van der Waals surface area (Å²) in [4.78, 5) is 0. The molecule has 8 saturated heterocycles. The van der Waals surface area contributed by atoms with Gasteiger partial charge in [0.1, 0.15) is 134 Å². The number of hydrogen-bond acceptors (Lipinski definition) is 40. The molecule has 0 spiro atoms. The van der Waals surface area contributed by atoms with Crippen LogP contribution in [0.1, 0.15) is 51.4 Å². The molecule has 8 heterocycles. The number of aliphatic hydroxyl groups is 14. The number of ether oxygens (including phenoxy) is 12. The first-order valence-corrected chi connectivity index (χ1v) is 35.2. The normalized spacial score (nSPS) is 49.9. The lowest BCUT2D eigenvalue weighted by Gasteiger charge is -2.47. The largest absolute Gasteiger partial charge is 0.394 e. The van der Waals surface area contributed by atoms with Crippen molar-refractivity contribution in [2.24, 2.45) is 69.2 Å². The number of piperidine rings is 2. The van der Waals surface area contributed by atoms with E-state index in [2.05, 4.69) is 21.3 Å². The predicted octanol–water partition coefficient (Wildman–Crippen LogP) is -15.7. The molecule has 2 aliphatic carbocycles. The third-order valence-corrected chi connectivity index (χ3v) is 21.3. The Morgan fingerprint density at radius 3 is 1.04 bits per heavy atom. The number of aliphatic hydroxyl groups excluding tert-OH is 14. The minimum atomic E-state index is -1.60. The summed E-state index contributed by atoms with van der Waals surface area (Å²) in [6.45, 7) is 4.15. The zero-order valence-electron chi connectivity index (χ0n) is 56.2. The van der Waals surface area contributed by atoms with Crippen molar-refractivity contribution in [1.82, 2.24) is 21.3 Å². The first-order chi connectivity index (χ1) is 47.7. The van der Waals surface area contributed by atoms with Gasteiger partial charge in [-0.1, -0.05) is 0 Å². The lowest BCUT2D eigenvalue weighted by atomic mass is 9.84. The Balaban J connectivity index is 0.000000233. The lowest BCUT2D eigenvalue weighted by molar-refractivity contribution is -0.307. The van der Waals surface area contributed by atoms with Crippen LogP contribution >= 0.6 is 0 Å². The number of hydrogen-bond donors (Lipinski definition) is 28. The Kier molecular flexibility index (Phi) is 31.3. The van der Waals surface area contributed by atoms with E-state index >= 15 is 0 Å². The van der Waals surface area contributed by atoms with Crippen LogP contribution in [0, 0.1) is 11.8 Å². The molecule has 0 bridgehead atoms. The van der Waals surface area contributed by atoms with Gasteiger partial charge in [0.05, 0.1) is 49.6 Å². The zero-order chi connectivity index (χ0) is 72.5. The van der Waals surface area contributed by atoms with E-state index in [-0.39, 0.29) is 39.0 Å². The van der Waals surface area contributed by atoms with Crippen LogP contribution in [0.5, 0.6) is 0 Å². The summed E-state index contributed by atoms with van der Waals surface area (Å²) in [5.74, 6) is 1.14. The second kappa shape index (κ2) is 38.0. The number of rotatable bonds is 26. The van der Waals surface area contributed by atoms with Crippen molar-refractivity contribution >= 4 is 0 Å². The van der Waals surface area contributed by atoms with Crippen LogP contribution in [0.3, 0.4) is 0 Å². The van der Waals surface area contributed by atoms with E-state index in [4.69, 9.17) is 114 Å². The summed E-state index contributed by atoms with van der Waals surface area (Å²) in [7, 11) is 0. The van der Waals surface area contributed by atoms with Gasteiger partial charge in [0.2, 0.25) is 0 Å². The minimum Gasteiger partial charge on any atom is -0.394 e. The molecule has 10 rings (SSSR count). The van der Waals surface area contributed by atoms with Crippen LogP contribution in [-0.4, -0.2) is 383 Å². The van der Waals surface area contributed by atoms with Crippen molar-refractivity contribution in [3.05, 3.63) is 0 Å². The summed E-state index contributed by atoms with van der Waals surface area (Å²) in [6.07, 6.45) is -32.6. The molecule has 0 amide bonds. The van der Waals surface area contributed by atoms with Crippen LogP contribution < -0.4 is 78.6 Å². The molecule has 0 radical (unpaired) electrons. The Labute approximate surface area is 579 Å². The Morgan fingerprint density at radius 1 is 0.340 bits per heavy atom. The summed E-state index contributed by atoms with van der Waals surface area (Å²) in [5.41, 5.74) is 61.1. The SMILES string of the molecule is NC[C@@H]1O[C@H](O[C@H]2[C@@H](O)[C@H](O[C@@H]3[C@@H](O)[C@H](N)C[C@H](N)[C@H]3O[C@H]3O[C@H](CNCCC4CCCNC4)[C@@H](O)[C@H](O)[C@H]3N)O[C@@H]2CO)[C@H](N)[C@@H](O)[C@@H]1O.NC[C@@H]1O[C@H](O[C@H]2[C@@H](O)[C@H](O[C@@H]3[C@@H](O)[C@H](N)C[C@H](N)[C@H]3O[C@H]3O[C@H](CNCCC4CCNCC4)[C@@H](O)[C@H](O)[C@H]3N)O[C@@H]2CO)[C@H](N)[C@@H](O)[C@@H]1O. The van der Waals surface area contributed by atoms with Gasteiger partial charge in [0.25, 0.3) is 0 Å². The van der Waals surface area contributed by atoms with Gasteiger partial charge in [0.15, 0.2) is 37.7 Å². The Bertz CT molecular complexity index is 2240. The lowest BCUT2D eigenvalue weighted by Crippen LogP contribution is -2.68. The molecular formula is C60H118N14O26. The molecular weight excluding hydrogens is 1330 g/mol. The number of nitrogens with one attached hydrogen (secondary N) is 4.